The molecule has 7 heteroatoms. The van der Waals surface area contributed by atoms with Gasteiger partial charge in [0.25, 0.3) is 5.56 Å². The van der Waals surface area contributed by atoms with Crippen molar-refractivity contribution in [3.8, 4) is 11.1 Å². The zero-order valence-corrected chi connectivity index (χ0v) is 19.9. The van der Waals surface area contributed by atoms with Crippen molar-refractivity contribution in [3.63, 3.8) is 0 Å². The molecule has 3 aromatic rings. The minimum atomic E-state index is -0.0697. The molecule has 7 nitrogen and oxygen atoms in total. The van der Waals surface area contributed by atoms with Gasteiger partial charge in [-0.3, -0.25) is 25.1 Å². The van der Waals surface area contributed by atoms with Crippen LogP contribution in [0.1, 0.15) is 62.1 Å². The lowest BCUT2D eigenvalue weighted by molar-refractivity contribution is 0.204. The Hall–Kier alpha value is -3.32. The molecular formula is C26H30N6O. The molecule has 1 unspecified atom stereocenters. The number of hydrogen-bond acceptors (Lipinski definition) is 6. The van der Waals surface area contributed by atoms with Gasteiger partial charge in [0.15, 0.2) is 5.82 Å². The summed E-state index contributed by atoms with van der Waals surface area (Å²) in [6.07, 6.45) is 4.65. The maximum absolute atomic E-state index is 12.9. The number of nitrogens with zero attached hydrogens (tertiary/aromatic N) is 5. The van der Waals surface area contributed by atoms with E-state index in [2.05, 4.69) is 55.1 Å². The van der Waals surface area contributed by atoms with Gasteiger partial charge < -0.3 is 0 Å². The van der Waals surface area contributed by atoms with Crippen molar-refractivity contribution in [3.05, 3.63) is 81.1 Å². The van der Waals surface area contributed by atoms with E-state index in [1.165, 1.54) is 11.1 Å². The average molecular weight is 443 g/mol. The van der Waals surface area contributed by atoms with E-state index in [-0.39, 0.29) is 17.6 Å². The quantitative estimate of drug-likeness (QED) is 0.664. The molecule has 5 heterocycles. The summed E-state index contributed by atoms with van der Waals surface area (Å²) in [4.78, 5) is 29.2. The van der Waals surface area contributed by atoms with E-state index in [1.807, 2.05) is 25.4 Å². The molecule has 0 radical (unpaired) electrons. The van der Waals surface area contributed by atoms with Gasteiger partial charge in [0.05, 0.1) is 5.69 Å². The molecular weight excluding hydrogens is 412 g/mol. The predicted molar refractivity (Wildman–Crippen MR) is 130 cm³/mol. The van der Waals surface area contributed by atoms with Crippen molar-refractivity contribution >= 4 is 5.57 Å². The first kappa shape index (κ1) is 21.5. The second-order valence-corrected chi connectivity index (χ2v) is 9.41. The fourth-order valence-corrected chi connectivity index (χ4v) is 4.59. The molecule has 3 aromatic heterocycles. The van der Waals surface area contributed by atoms with Crippen molar-refractivity contribution in [1.29, 1.82) is 0 Å². The van der Waals surface area contributed by atoms with E-state index in [0.29, 0.717) is 5.82 Å². The molecule has 0 aliphatic carbocycles. The van der Waals surface area contributed by atoms with Crippen molar-refractivity contribution < 1.29 is 0 Å². The maximum Gasteiger partial charge on any atom is 0.272 e. The van der Waals surface area contributed by atoms with Crippen molar-refractivity contribution in [2.45, 2.75) is 59.7 Å². The van der Waals surface area contributed by atoms with E-state index in [4.69, 9.17) is 9.97 Å². The molecule has 0 saturated carbocycles. The highest BCUT2D eigenvalue weighted by atomic mass is 16.1. The Morgan fingerprint density at radius 1 is 1.06 bits per heavy atom. The fourth-order valence-electron chi connectivity index (χ4n) is 4.59. The molecule has 2 aliphatic rings. The predicted octanol–water partition coefficient (Wildman–Crippen LogP) is 3.87. The highest BCUT2D eigenvalue weighted by molar-refractivity contribution is 5.65. The van der Waals surface area contributed by atoms with Crippen molar-refractivity contribution in [2.75, 3.05) is 12.0 Å². The smallest absolute Gasteiger partial charge is 0.272 e. The molecule has 1 atom stereocenters. The standard InChI is InChI=1S/C26H30N6O/c1-15(2)23-11-24(33)32-25(29-23)17(4)18(5)26(30-32)31-9-8-22-21(14-31)10-20(13-28-22)19-7-6-16(3)27-12-19/h6-7,10-13,15,26,30H,8-9,14H2,1-5H3. The number of fused-ring (bicyclic) bond motifs is 2. The summed E-state index contributed by atoms with van der Waals surface area (Å²) in [6, 6.07) is 7.99. The van der Waals surface area contributed by atoms with Gasteiger partial charge >= 0.3 is 0 Å². The Morgan fingerprint density at radius 2 is 1.85 bits per heavy atom. The summed E-state index contributed by atoms with van der Waals surface area (Å²) in [5.74, 6) is 0.923. The monoisotopic (exact) mass is 442 g/mol. The second-order valence-electron chi connectivity index (χ2n) is 9.41. The molecule has 33 heavy (non-hydrogen) atoms. The number of aryl methyl sites for hydroxylation is 1. The third kappa shape index (κ3) is 3.86. The average Bonchev–Trinajstić information content (AvgIpc) is 2.81. The van der Waals surface area contributed by atoms with E-state index < -0.39 is 0 Å². The van der Waals surface area contributed by atoms with Gasteiger partial charge in [0, 0.05) is 60.5 Å². The summed E-state index contributed by atoms with van der Waals surface area (Å²) < 4.78 is 1.61. The Balaban J connectivity index is 1.46. The lowest BCUT2D eigenvalue weighted by Gasteiger charge is -2.40. The van der Waals surface area contributed by atoms with E-state index in [9.17, 15) is 4.79 Å². The highest BCUT2D eigenvalue weighted by Crippen LogP contribution is 2.30. The molecule has 0 amide bonds. The molecule has 2 aliphatic heterocycles. The molecule has 1 N–H and O–H groups in total. The van der Waals surface area contributed by atoms with Crippen molar-refractivity contribution in [1.82, 2.24) is 24.5 Å². The molecule has 0 fully saturated rings. The third-order valence-electron chi connectivity index (χ3n) is 6.80. The van der Waals surface area contributed by atoms with Gasteiger partial charge in [-0.1, -0.05) is 19.9 Å². The molecule has 0 aromatic carbocycles. The largest absolute Gasteiger partial charge is 0.300 e. The van der Waals surface area contributed by atoms with Crippen LogP contribution in [0.4, 0.5) is 0 Å². The Morgan fingerprint density at radius 3 is 2.58 bits per heavy atom. The van der Waals surface area contributed by atoms with Gasteiger partial charge in [0.1, 0.15) is 6.17 Å². The zero-order valence-electron chi connectivity index (χ0n) is 19.9. The first-order valence-electron chi connectivity index (χ1n) is 11.5. The maximum atomic E-state index is 12.9. The van der Waals surface area contributed by atoms with Crippen LogP contribution in [0.15, 0.2) is 47.0 Å². The molecule has 0 bridgehead atoms. The topological polar surface area (TPSA) is 75.9 Å². The van der Waals surface area contributed by atoms with Gasteiger partial charge in [0.2, 0.25) is 0 Å². The number of hydrogen-bond donors (Lipinski definition) is 1. The number of aromatic nitrogens is 4. The third-order valence-corrected chi connectivity index (χ3v) is 6.80. The zero-order chi connectivity index (χ0) is 23.3. The summed E-state index contributed by atoms with van der Waals surface area (Å²) in [6.45, 7) is 11.9. The van der Waals surface area contributed by atoms with Gasteiger partial charge in [-0.25, -0.2) is 9.66 Å². The minimum absolute atomic E-state index is 0.0613. The van der Waals surface area contributed by atoms with Crippen LogP contribution in [0, 0.1) is 6.92 Å². The normalized spacial score (nSPS) is 18.2. The van der Waals surface area contributed by atoms with Crippen LogP contribution in [0.25, 0.3) is 16.7 Å². The fraction of sp³-hybridized carbons (Fsp3) is 0.385. The van der Waals surface area contributed by atoms with Gasteiger partial charge in [-0.05, 0) is 55.5 Å². The number of allylic oxidation sites excluding steroid dienone is 1. The SMILES string of the molecule is CC1=C(C)C(N2CCc3ncc(-c4ccc(C)nc4)cc3C2)Nn2c1nc(C(C)C)cc2=O. The molecule has 170 valence electrons. The lowest BCUT2D eigenvalue weighted by Crippen LogP contribution is -2.52. The number of pyridine rings is 2. The highest BCUT2D eigenvalue weighted by Gasteiger charge is 2.31. The first-order valence-corrected chi connectivity index (χ1v) is 11.5. The second kappa shape index (κ2) is 8.23. The van der Waals surface area contributed by atoms with Gasteiger partial charge in [-0.15, -0.1) is 0 Å². The Labute approximate surface area is 194 Å². The van der Waals surface area contributed by atoms with Crippen LogP contribution < -0.4 is 11.0 Å². The van der Waals surface area contributed by atoms with Crippen LogP contribution in [-0.4, -0.2) is 37.2 Å². The summed E-state index contributed by atoms with van der Waals surface area (Å²) >= 11 is 0. The van der Waals surface area contributed by atoms with Crippen LogP contribution in [0.5, 0.6) is 0 Å². The van der Waals surface area contributed by atoms with Crippen LogP contribution in [-0.2, 0) is 13.0 Å². The van der Waals surface area contributed by atoms with E-state index >= 15 is 0 Å². The molecule has 0 spiro atoms. The van der Waals surface area contributed by atoms with Crippen molar-refractivity contribution in [2.24, 2.45) is 0 Å². The number of nitrogens with one attached hydrogen (secondary N) is 1. The summed E-state index contributed by atoms with van der Waals surface area (Å²) in [5.41, 5.74) is 12.0. The Bertz CT molecular complexity index is 1310. The van der Waals surface area contributed by atoms with E-state index in [0.717, 1.165) is 53.3 Å². The molecule has 0 saturated heterocycles. The Kier molecular flexibility index (Phi) is 5.37. The van der Waals surface area contributed by atoms with E-state index in [1.54, 1.807) is 10.7 Å². The van der Waals surface area contributed by atoms with Crippen LogP contribution >= 0.6 is 0 Å². The number of rotatable bonds is 3. The lowest BCUT2D eigenvalue weighted by atomic mass is 9.98. The minimum Gasteiger partial charge on any atom is -0.300 e. The van der Waals surface area contributed by atoms with Gasteiger partial charge in [-0.2, -0.15) is 0 Å². The van der Waals surface area contributed by atoms with Crippen LogP contribution in [0.2, 0.25) is 0 Å². The first-order chi connectivity index (χ1) is 15.8. The van der Waals surface area contributed by atoms with Crippen LogP contribution in [0.3, 0.4) is 0 Å². The summed E-state index contributed by atoms with van der Waals surface area (Å²) in [5, 5.41) is 0. The summed E-state index contributed by atoms with van der Waals surface area (Å²) in [7, 11) is 0. The molecule has 5 rings (SSSR count).